The molecule has 1 aromatic carbocycles. The van der Waals surface area contributed by atoms with Gasteiger partial charge in [0.15, 0.2) is 0 Å². The summed E-state index contributed by atoms with van der Waals surface area (Å²) < 4.78 is 0. The Bertz CT molecular complexity index is 388. The minimum absolute atomic E-state index is 0.611. The molecule has 0 amide bonds. The first-order chi connectivity index (χ1) is 7.09. The normalized spacial score (nSPS) is 10.7. The molecule has 0 radical (unpaired) electrons. The van der Waals surface area contributed by atoms with Crippen LogP contribution in [0.15, 0.2) is 35.2 Å². The van der Waals surface area contributed by atoms with Crippen LogP contribution in [-0.2, 0) is 4.79 Å². The molecule has 1 aromatic rings. The molecule has 15 heavy (non-hydrogen) atoms. The number of hydrogen-bond acceptors (Lipinski definition) is 3. The average molecular weight is 223 g/mol. The number of carboxylic acids is 1. The number of thioether (sulfide) groups is 1. The Morgan fingerprint density at radius 3 is 2.93 bits per heavy atom. The summed E-state index contributed by atoms with van der Waals surface area (Å²) in [6.07, 6.45) is 2.74. The molecule has 0 aliphatic heterocycles. The molecule has 0 spiro atoms. The molecule has 0 aliphatic carbocycles. The van der Waals surface area contributed by atoms with E-state index in [0.29, 0.717) is 5.75 Å². The molecule has 0 unspecified atom stereocenters. The van der Waals surface area contributed by atoms with Gasteiger partial charge < -0.3 is 10.8 Å². The van der Waals surface area contributed by atoms with E-state index in [2.05, 4.69) is 0 Å². The summed E-state index contributed by atoms with van der Waals surface area (Å²) in [6, 6.07) is 5.84. The third kappa shape index (κ3) is 4.08. The zero-order valence-corrected chi connectivity index (χ0v) is 9.25. The van der Waals surface area contributed by atoms with Crippen LogP contribution < -0.4 is 5.73 Å². The smallest absolute Gasteiger partial charge is 0.328 e. The summed E-state index contributed by atoms with van der Waals surface area (Å²) in [5.41, 5.74) is 7.66. The number of aryl methyl sites for hydroxylation is 1. The van der Waals surface area contributed by atoms with Crippen LogP contribution in [-0.4, -0.2) is 16.8 Å². The number of hydrogen-bond donors (Lipinski definition) is 2. The Morgan fingerprint density at radius 2 is 2.33 bits per heavy atom. The lowest BCUT2D eigenvalue weighted by Gasteiger charge is -2.03. The van der Waals surface area contributed by atoms with Crippen LogP contribution in [0.4, 0.5) is 5.69 Å². The molecule has 4 heteroatoms. The lowest BCUT2D eigenvalue weighted by molar-refractivity contribution is -0.131. The van der Waals surface area contributed by atoms with E-state index in [4.69, 9.17) is 10.8 Å². The summed E-state index contributed by atoms with van der Waals surface area (Å²) in [6.45, 7) is 1.98. The first-order valence-electron chi connectivity index (χ1n) is 4.48. The second-order valence-electron chi connectivity index (χ2n) is 3.09. The number of carboxylic acid groups (broad SMARTS) is 1. The largest absolute Gasteiger partial charge is 0.478 e. The highest BCUT2D eigenvalue weighted by Crippen LogP contribution is 2.25. The van der Waals surface area contributed by atoms with E-state index >= 15 is 0 Å². The van der Waals surface area contributed by atoms with E-state index in [-0.39, 0.29) is 0 Å². The fraction of sp³-hybridized carbons (Fsp3) is 0.182. The van der Waals surface area contributed by atoms with E-state index in [9.17, 15) is 4.79 Å². The predicted molar refractivity (Wildman–Crippen MR) is 63.1 cm³/mol. The zero-order chi connectivity index (χ0) is 11.3. The molecule has 0 aliphatic rings. The van der Waals surface area contributed by atoms with E-state index in [1.54, 1.807) is 6.08 Å². The monoisotopic (exact) mass is 223 g/mol. The third-order valence-electron chi connectivity index (χ3n) is 1.76. The molecule has 3 N–H and O–H groups in total. The maximum absolute atomic E-state index is 10.2. The van der Waals surface area contributed by atoms with Crippen molar-refractivity contribution in [1.82, 2.24) is 0 Å². The summed E-state index contributed by atoms with van der Waals surface area (Å²) in [5, 5.41) is 8.38. The van der Waals surface area contributed by atoms with Gasteiger partial charge in [0, 0.05) is 22.4 Å². The van der Waals surface area contributed by atoms with Crippen LogP contribution in [0.1, 0.15) is 5.56 Å². The fourth-order valence-corrected chi connectivity index (χ4v) is 1.85. The number of anilines is 1. The van der Waals surface area contributed by atoms with Gasteiger partial charge in [-0.15, -0.1) is 11.8 Å². The fourth-order valence-electron chi connectivity index (χ4n) is 1.09. The first-order valence-corrected chi connectivity index (χ1v) is 5.46. The standard InChI is InChI=1S/C11H13NO2S/c1-8-4-5-10(9(12)7-8)15-6-2-3-11(13)14/h2-5,7H,6,12H2,1H3,(H,13,14). The van der Waals surface area contributed by atoms with Crippen molar-refractivity contribution < 1.29 is 9.90 Å². The van der Waals surface area contributed by atoms with Crippen molar-refractivity contribution in [1.29, 1.82) is 0 Å². The second-order valence-corrected chi connectivity index (χ2v) is 4.15. The Kier molecular flexibility index (Phi) is 4.24. The number of nitrogen functional groups attached to an aromatic ring is 1. The highest BCUT2D eigenvalue weighted by atomic mass is 32.2. The van der Waals surface area contributed by atoms with Gasteiger partial charge in [-0.05, 0) is 24.6 Å². The van der Waals surface area contributed by atoms with Gasteiger partial charge in [0.1, 0.15) is 0 Å². The number of rotatable bonds is 4. The van der Waals surface area contributed by atoms with Gasteiger partial charge in [-0.1, -0.05) is 12.1 Å². The summed E-state index contributed by atoms with van der Waals surface area (Å²) in [4.78, 5) is 11.2. The molecule has 0 saturated heterocycles. The SMILES string of the molecule is Cc1ccc(SCC=CC(=O)O)c(N)c1. The number of carbonyl (C=O) groups is 1. The molecule has 0 fully saturated rings. The molecule has 3 nitrogen and oxygen atoms in total. The molecular formula is C11H13NO2S. The van der Waals surface area contributed by atoms with Crippen molar-refractivity contribution in [2.75, 3.05) is 11.5 Å². The van der Waals surface area contributed by atoms with Crippen molar-refractivity contribution in [3.05, 3.63) is 35.9 Å². The van der Waals surface area contributed by atoms with Gasteiger partial charge in [-0.2, -0.15) is 0 Å². The summed E-state index contributed by atoms with van der Waals surface area (Å²) in [5.74, 6) is -0.313. The number of benzene rings is 1. The Labute approximate surface area is 93.0 Å². The van der Waals surface area contributed by atoms with Gasteiger partial charge >= 0.3 is 5.97 Å². The van der Waals surface area contributed by atoms with Gasteiger partial charge in [0.05, 0.1) is 0 Å². The molecule has 0 heterocycles. The Balaban J connectivity index is 2.54. The molecular weight excluding hydrogens is 210 g/mol. The summed E-state index contributed by atoms with van der Waals surface area (Å²) >= 11 is 1.52. The van der Waals surface area contributed by atoms with Crippen LogP contribution in [0, 0.1) is 6.92 Å². The van der Waals surface area contributed by atoms with Crippen molar-refractivity contribution in [2.24, 2.45) is 0 Å². The third-order valence-corrected chi connectivity index (χ3v) is 2.80. The van der Waals surface area contributed by atoms with Crippen molar-refractivity contribution in [3.8, 4) is 0 Å². The molecule has 1 rings (SSSR count). The quantitative estimate of drug-likeness (QED) is 0.467. The predicted octanol–water partition coefficient (Wildman–Crippen LogP) is 2.31. The number of aliphatic carboxylic acids is 1. The molecule has 80 valence electrons. The Hall–Kier alpha value is -1.42. The minimum atomic E-state index is -0.924. The average Bonchev–Trinajstić information content (AvgIpc) is 2.14. The van der Waals surface area contributed by atoms with Gasteiger partial charge in [0.2, 0.25) is 0 Å². The van der Waals surface area contributed by atoms with Gasteiger partial charge in [-0.3, -0.25) is 0 Å². The highest BCUT2D eigenvalue weighted by molar-refractivity contribution is 7.99. The van der Waals surface area contributed by atoms with Crippen molar-refractivity contribution >= 4 is 23.4 Å². The minimum Gasteiger partial charge on any atom is -0.478 e. The van der Waals surface area contributed by atoms with Gasteiger partial charge in [-0.25, -0.2) is 4.79 Å². The maximum atomic E-state index is 10.2. The topological polar surface area (TPSA) is 63.3 Å². The molecule has 0 bridgehead atoms. The van der Waals surface area contributed by atoms with E-state index in [0.717, 1.165) is 22.2 Å². The van der Waals surface area contributed by atoms with E-state index in [1.165, 1.54) is 11.8 Å². The van der Waals surface area contributed by atoms with Crippen molar-refractivity contribution in [2.45, 2.75) is 11.8 Å². The maximum Gasteiger partial charge on any atom is 0.328 e. The van der Waals surface area contributed by atoms with Crippen LogP contribution in [0.5, 0.6) is 0 Å². The molecule has 0 saturated carbocycles. The highest BCUT2D eigenvalue weighted by Gasteiger charge is 1.98. The zero-order valence-electron chi connectivity index (χ0n) is 8.43. The van der Waals surface area contributed by atoms with Crippen LogP contribution in [0.2, 0.25) is 0 Å². The van der Waals surface area contributed by atoms with Crippen LogP contribution in [0.3, 0.4) is 0 Å². The first kappa shape index (κ1) is 11.7. The molecule has 0 atom stereocenters. The molecule has 0 aromatic heterocycles. The second kappa shape index (κ2) is 5.46. The van der Waals surface area contributed by atoms with E-state index < -0.39 is 5.97 Å². The van der Waals surface area contributed by atoms with Crippen molar-refractivity contribution in [3.63, 3.8) is 0 Å². The lowest BCUT2D eigenvalue weighted by atomic mass is 10.2. The summed E-state index contributed by atoms with van der Waals surface area (Å²) in [7, 11) is 0. The Morgan fingerprint density at radius 1 is 1.60 bits per heavy atom. The number of nitrogens with two attached hydrogens (primary N) is 1. The van der Waals surface area contributed by atoms with E-state index in [1.807, 2.05) is 25.1 Å². The van der Waals surface area contributed by atoms with Crippen LogP contribution >= 0.6 is 11.8 Å². The lowest BCUT2D eigenvalue weighted by Crippen LogP contribution is -1.90. The van der Waals surface area contributed by atoms with Gasteiger partial charge in [0.25, 0.3) is 0 Å². The van der Waals surface area contributed by atoms with Crippen LogP contribution in [0.25, 0.3) is 0 Å².